The van der Waals surface area contributed by atoms with Crippen LogP contribution in [0.2, 0.25) is 0 Å². The molecule has 48 valence electrons. The van der Waals surface area contributed by atoms with Gasteiger partial charge in [-0.2, -0.15) is 0 Å². The molecule has 9 heavy (non-hydrogen) atoms. The van der Waals surface area contributed by atoms with E-state index in [0.29, 0.717) is 0 Å². The first-order valence-corrected chi connectivity index (χ1v) is 2.84. The third-order valence-electron chi connectivity index (χ3n) is 1.30. The third-order valence-corrected chi connectivity index (χ3v) is 1.30. The van der Waals surface area contributed by atoms with Gasteiger partial charge in [-0.1, -0.05) is 0 Å². The molecule has 1 heterocycles. The van der Waals surface area contributed by atoms with Gasteiger partial charge in [-0.05, 0) is 12.1 Å². The highest BCUT2D eigenvalue weighted by molar-refractivity contribution is 5.92. The zero-order valence-electron chi connectivity index (χ0n) is 5.59. The van der Waals surface area contributed by atoms with E-state index in [-0.39, 0.29) is 5.78 Å². The number of carbonyl (C=O) groups excluding carboxylic acids is 1. The van der Waals surface area contributed by atoms with E-state index >= 15 is 0 Å². The summed E-state index contributed by atoms with van der Waals surface area (Å²) in [5, 5.41) is 0. The normalized spacial score (nSPS) is 9.56. The first kappa shape index (κ1) is 6.08. The molecule has 1 aromatic rings. The van der Waals surface area contributed by atoms with Crippen LogP contribution >= 0.6 is 0 Å². The van der Waals surface area contributed by atoms with Crippen LogP contribution in [0.4, 0.5) is 0 Å². The lowest BCUT2D eigenvalue weighted by Gasteiger charge is -1.94. The highest BCUT2D eigenvalue weighted by Crippen LogP contribution is 1.98. The Labute approximate surface area is 54.1 Å². The van der Waals surface area contributed by atoms with E-state index < -0.39 is 0 Å². The average Bonchev–Trinajstić information content (AvgIpc) is 2.13. The Morgan fingerprint density at radius 3 is 2.56 bits per heavy atom. The molecule has 0 aliphatic heterocycles. The summed E-state index contributed by atoms with van der Waals surface area (Å²) < 4.78 is 1.81. The average molecular weight is 123 g/mol. The minimum atomic E-state index is 0.113. The van der Waals surface area contributed by atoms with Crippen molar-refractivity contribution in [1.29, 1.82) is 0 Å². The number of aryl methyl sites for hydroxylation is 1. The molecule has 0 aliphatic rings. The van der Waals surface area contributed by atoms with Gasteiger partial charge in [-0.25, -0.2) is 0 Å². The van der Waals surface area contributed by atoms with Gasteiger partial charge < -0.3 is 4.57 Å². The monoisotopic (exact) mass is 123 g/mol. The Balaban J connectivity index is 3.08. The first-order chi connectivity index (χ1) is 4.22. The fourth-order valence-corrected chi connectivity index (χ4v) is 0.827. The molecule has 0 N–H and O–H groups in total. The van der Waals surface area contributed by atoms with Crippen molar-refractivity contribution in [2.75, 3.05) is 0 Å². The van der Waals surface area contributed by atoms with Gasteiger partial charge >= 0.3 is 0 Å². The first-order valence-electron chi connectivity index (χ1n) is 2.84. The molecule has 0 fully saturated rings. The molecule has 0 radical (unpaired) electrons. The van der Waals surface area contributed by atoms with Crippen LogP contribution in [-0.2, 0) is 7.05 Å². The number of ketones is 1. The van der Waals surface area contributed by atoms with Crippen LogP contribution in [0.5, 0.6) is 0 Å². The van der Waals surface area contributed by atoms with Gasteiger partial charge in [0.05, 0.1) is 5.69 Å². The molecule has 0 amide bonds. The van der Waals surface area contributed by atoms with Crippen molar-refractivity contribution in [2.24, 2.45) is 7.05 Å². The van der Waals surface area contributed by atoms with Gasteiger partial charge in [0.1, 0.15) is 0 Å². The van der Waals surface area contributed by atoms with E-state index in [1.54, 1.807) is 6.92 Å². The summed E-state index contributed by atoms with van der Waals surface area (Å²) in [4.78, 5) is 10.7. The number of nitrogens with zero attached hydrogens (tertiary/aromatic N) is 1. The summed E-state index contributed by atoms with van der Waals surface area (Å²) in [6, 6.07) is 3.67. The third kappa shape index (κ3) is 1.02. The molecule has 1 rings (SSSR count). The molecule has 2 heteroatoms. The van der Waals surface area contributed by atoms with Crippen molar-refractivity contribution in [1.82, 2.24) is 4.57 Å². The lowest BCUT2D eigenvalue weighted by Crippen LogP contribution is -1.99. The van der Waals surface area contributed by atoms with E-state index in [4.69, 9.17) is 0 Å². The van der Waals surface area contributed by atoms with Crippen molar-refractivity contribution in [3.05, 3.63) is 24.0 Å². The number of rotatable bonds is 1. The van der Waals surface area contributed by atoms with Gasteiger partial charge in [0, 0.05) is 20.2 Å². The molecule has 1 aromatic heterocycles. The summed E-state index contributed by atoms with van der Waals surface area (Å²) in [5.41, 5.74) is 0.759. The zero-order valence-corrected chi connectivity index (χ0v) is 5.59. The van der Waals surface area contributed by atoms with Crippen molar-refractivity contribution in [2.45, 2.75) is 6.92 Å². The van der Waals surface area contributed by atoms with Crippen LogP contribution in [0.25, 0.3) is 0 Å². The van der Waals surface area contributed by atoms with Crippen LogP contribution in [0.1, 0.15) is 17.4 Å². The van der Waals surface area contributed by atoms with E-state index in [9.17, 15) is 4.79 Å². The van der Waals surface area contributed by atoms with Crippen molar-refractivity contribution in [3.63, 3.8) is 0 Å². The topological polar surface area (TPSA) is 22.0 Å². The van der Waals surface area contributed by atoms with E-state index in [1.807, 2.05) is 29.9 Å². The Bertz CT molecular complexity index is 225. The van der Waals surface area contributed by atoms with Crippen molar-refractivity contribution < 1.29 is 4.79 Å². The minimum Gasteiger partial charge on any atom is -0.348 e. The van der Waals surface area contributed by atoms with Gasteiger partial charge in [0.25, 0.3) is 0 Å². The summed E-state index contributed by atoms with van der Waals surface area (Å²) in [5.74, 6) is 0.113. The maximum Gasteiger partial charge on any atom is 0.176 e. The zero-order chi connectivity index (χ0) is 6.85. The largest absolute Gasteiger partial charge is 0.348 e. The predicted octanol–water partition coefficient (Wildman–Crippen LogP) is 1.23. The van der Waals surface area contributed by atoms with Crippen LogP contribution in [0.15, 0.2) is 18.3 Å². The molecule has 0 saturated carbocycles. The highest BCUT2D eigenvalue weighted by atomic mass is 16.1. The fourth-order valence-electron chi connectivity index (χ4n) is 0.827. The van der Waals surface area contributed by atoms with Gasteiger partial charge in [-0.3, -0.25) is 4.79 Å². The number of aromatic nitrogens is 1. The molecule has 0 atom stereocenters. The van der Waals surface area contributed by atoms with E-state index in [1.165, 1.54) is 0 Å². The SMILES string of the molecule is CC(=O)c1cccn1C. The van der Waals surface area contributed by atoms with Gasteiger partial charge in [-0.15, -0.1) is 0 Å². The maximum atomic E-state index is 10.7. The lowest BCUT2D eigenvalue weighted by atomic mass is 10.3. The standard InChI is InChI=1S/C7H9NO/c1-6(9)7-4-3-5-8(7)2/h3-5H,1-2H3. The molecule has 0 bridgehead atoms. The second-order valence-electron chi connectivity index (χ2n) is 2.06. The van der Waals surface area contributed by atoms with Crippen LogP contribution in [0, 0.1) is 0 Å². The molecule has 0 aliphatic carbocycles. The Hall–Kier alpha value is -1.05. The maximum absolute atomic E-state index is 10.7. The molecule has 0 unspecified atom stereocenters. The molecule has 2 nitrogen and oxygen atoms in total. The summed E-state index contributed by atoms with van der Waals surface area (Å²) in [7, 11) is 1.86. The molecule has 0 saturated heterocycles. The minimum absolute atomic E-state index is 0.113. The highest BCUT2D eigenvalue weighted by Gasteiger charge is 1.99. The Morgan fingerprint density at radius 1 is 1.67 bits per heavy atom. The quantitative estimate of drug-likeness (QED) is 0.515. The van der Waals surface area contributed by atoms with Crippen molar-refractivity contribution in [3.8, 4) is 0 Å². The van der Waals surface area contributed by atoms with Gasteiger partial charge in [0.15, 0.2) is 5.78 Å². The number of carbonyl (C=O) groups is 1. The van der Waals surface area contributed by atoms with Crippen LogP contribution in [-0.4, -0.2) is 10.4 Å². The van der Waals surface area contributed by atoms with Crippen LogP contribution in [0.3, 0.4) is 0 Å². The van der Waals surface area contributed by atoms with E-state index in [2.05, 4.69) is 0 Å². The van der Waals surface area contributed by atoms with Gasteiger partial charge in [0.2, 0.25) is 0 Å². The fraction of sp³-hybridized carbons (Fsp3) is 0.286. The lowest BCUT2D eigenvalue weighted by molar-refractivity contribution is 0.101. The molecular formula is C7H9NO. The molecular weight excluding hydrogens is 114 g/mol. The number of hydrogen-bond acceptors (Lipinski definition) is 1. The van der Waals surface area contributed by atoms with Crippen LogP contribution < -0.4 is 0 Å². The smallest absolute Gasteiger partial charge is 0.176 e. The predicted molar refractivity (Wildman–Crippen MR) is 35.4 cm³/mol. The summed E-state index contributed by atoms with van der Waals surface area (Å²) in [6.45, 7) is 1.56. The summed E-state index contributed by atoms with van der Waals surface area (Å²) in [6.07, 6.45) is 1.86. The number of Topliss-reactive ketones (excluding diaryl/α,β-unsaturated/α-hetero) is 1. The van der Waals surface area contributed by atoms with E-state index in [0.717, 1.165) is 5.69 Å². The second-order valence-corrected chi connectivity index (χ2v) is 2.06. The molecule has 0 spiro atoms. The Kier molecular flexibility index (Phi) is 1.39. The number of hydrogen-bond donors (Lipinski definition) is 0. The molecule has 0 aromatic carbocycles. The summed E-state index contributed by atoms with van der Waals surface area (Å²) >= 11 is 0. The van der Waals surface area contributed by atoms with Crippen molar-refractivity contribution >= 4 is 5.78 Å². The second kappa shape index (κ2) is 2.05. The Morgan fingerprint density at radius 2 is 2.33 bits per heavy atom.